The SMILES string of the molecule is CCCCCCCN(C(=O)C(C)NC(=O)OC(C)(C)C)C(C(=O)Nc1c(C)cccc1C)c1ccc(C)c(C)c1. The van der Waals surface area contributed by atoms with Crippen LogP contribution in [0.1, 0.15) is 101 Å². The van der Waals surface area contributed by atoms with Crippen molar-refractivity contribution >= 4 is 23.6 Å². The van der Waals surface area contributed by atoms with Gasteiger partial charge in [-0.2, -0.15) is 0 Å². The molecule has 7 heteroatoms. The van der Waals surface area contributed by atoms with E-state index in [-0.39, 0.29) is 11.8 Å². The lowest BCUT2D eigenvalue weighted by Gasteiger charge is -2.34. The number of unbranched alkanes of at least 4 members (excludes halogenated alkanes) is 4. The van der Waals surface area contributed by atoms with Crippen molar-refractivity contribution in [3.8, 4) is 0 Å². The smallest absolute Gasteiger partial charge is 0.408 e. The predicted octanol–water partition coefficient (Wildman–Crippen LogP) is 7.31. The van der Waals surface area contributed by atoms with Gasteiger partial charge >= 0.3 is 6.09 Å². The highest BCUT2D eigenvalue weighted by Gasteiger charge is 2.35. The molecule has 0 saturated carbocycles. The Bertz CT molecular complexity index is 1150. The van der Waals surface area contributed by atoms with Crippen LogP contribution >= 0.6 is 0 Å². The minimum absolute atomic E-state index is 0.285. The Balaban J connectivity index is 2.50. The summed E-state index contributed by atoms with van der Waals surface area (Å²) < 4.78 is 5.39. The first kappa shape index (κ1) is 32.9. The molecule has 2 unspecified atom stereocenters. The van der Waals surface area contributed by atoms with E-state index in [1.54, 1.807) is 32.6 Å². The molecule has 2 aromatic carbocycles. The number of aryl methyl sites for hydroxylation is 4. The fourth-order valence-corrected chi connectivity index (χ4v) is 4.66. The van der Waals surface area contributed by atoms with Crippen molar-refractivity contribution in [2.75, 3.05) is 11.9 Å². The number of hydrogen-bond acceptors (Lipinski definition) is 4. The average molecular weight is 552 g/mol. The summed E-state index contributed by atoms with van der Waals surface area (Å²) in [5.74, 6) is -0.617. The van der Waals surface area contributed by atoms with E-state index in [4.69, 9.17) is 4.74 Å². The van der Waals surface area contributed by atoms with Crippen molar-refractivity contribution in [1.82, 2.24) is 10.2 Å². The fraction of sp³-hybridized carbons (Fsp3) is 0.545. The molecule has 0 aliphatic heterocycles. The number of para-hydroxylation sites is 1. The number of nitrogens with zero attached hydrogens (tertiary/aromatic N) is 1. The molecular weight excluding hydrogens is 502 g/mol. The summed E-state index contributed by atoms with van der Waals surface area (Å²) in [6, 6.07) is 9.99. The Morgan fingerprint density at radius 1 is 0.875 bits per heavy atom. The zero-order valence-electron chi connectivity index (χ0n) is 25.9. The van der Waals surface area contributed by atoms with Crippen LogP contribution in [-0.2, 0) is 14.3 Å². The van der Waals surface area contributed by atoms with Crippen LogP contribution in [0, 0.1) is 27.7 Å². The Kier molecular flexibility index (Phi) is 12.2. The number of anilines is 1. The highest BCUT2D eigenvalue weighted by Crippen LogP contribution is 2.28. The molecule has 7 nitrogen and oxygen atoms in total. The molecule has 0 aromatic heterocycles. The van der Waals surface area contributed by atoms with E-state index in [9.17, 15) is 14.4 Å². The molecule has 40 heavy (non-hydrogen) atoms. The summed E-state index contributed by atoms with van der Waals surface area (Å²) in [5.41, 5.74) is 4.83. The van der Waals surface area contributed by atoms with Crippen LogP contribution < -0.4 is 10.6 Å². The van der Waals surface area contributed by atoms with E-state index in [1.807, 2.05) is 64.1 Å². The zero-order chi connectivity index (χ0) is 30.0. The Labute approximate surface area is 241 Å². The van der Waals surface area contributed by atoms with Gasteiger partial charge in [-0.05, 0) is 89.6 Å². The molecule has 0 aliphatic rings. The summed E-state index contributed by atoms with van der Waals surface area (Å²) in [6.07, 6.45) is 4.33. The molecule has 0 fully saturated rings. The lowest BCUT2D eigenvalue weighted by atomic mass is 9.97. The molecule has 0 heterocycles. The second kappa shape index (κ2) is 14.9. The summed E-state index contributed by atoms with van der Waals surface area (Å²) in [4.78, 5) is 42.3. The maximum Gasteiger partial charge on any atom is 0.408 e. The largest absolute Gasteiger partial charge is 0.444 e. The maximum absolute atomic E-state index is 14.1. The van der Waals surface area contributed by atoms with Crippen LogP contribution in [0.5, 0.6) is 0 Å². The third kappa shape index (κ3) is 9.68. The summed E-state index contributed by atoms with van der Waals surface area (Å²) >= 11 is 0. The summed E-state index contributed by atoms with van der Waals surface area (Å²) in [6.45, 7) is 17.4. The standard InChI is InChI=1S/C33H49N3O4/c1-10-11-12-13-14-20-36(31(38)26(6)34-32(39)40-33(7,8)9)29(27-19-18-22(2)25(5)21-27)30(37)35-28-23(3)16-15-17-24(28)4/h15-19,21,26,29H,10-14,20H2,1-9H3,(H,34,39)(H,35,37). The van der Waals surface area contributed by atoms with Crippen LogP contribution in [0.2, 0.25) is 0 Å². The van der Waals surface area contributed by atoms with Crippen molar-refractivity contribution < 1.29 is 19.1 Å². The molecular formula is C33H49N3O4. The van der Waals surface area contributed by atoms with Gasteiger partial charge in [0.1, 0.15) is 17.7 Å². The fourth-order valence-electron chi connectivity index (χ4n) is 4.66. The van der Waals surface area contributed by atoms with Crippen LogP contribution in [-0.4, -0.2) is 41.0 Å². The first-order valence-electron chi connectivity index (χ1n) is 14.5. The van der Waals surface area contributed by atoms with Gasteiger partial charge in [0, 0.05) is 12.2 Å². The van der Waals surface area contributed by atoms with Crippen LogP contribution in [0.4, 0.5) is 10.5 Å². The zero-order valence-corrected chi connectivity index (χ0v) is 25.9. The maximum atomic E-state index is 14.1. The topological polar surface area (TPSA) is 87.7 Å². The van der Waals surface area contributed by atoms with E-state index in [0.717, 1.165) is 65.6 Å². The van der Waals surface area contributed by atoms with Gasteiger partial charge in [-0.15, -0.1) is 0 Å². The van der Waals surface area contributed by atoms with Crippen LogP contribution in [0.3, 0.4) is 0 Å². The Morgan fingerprint density at radius 2 is 1.50 bits per heavy atom. The molecule has 2 atom stereocenters. The minimum atomic E-state index is -0.882. The monoisotopic (exact) mass is 551 g/mol. The Hall–Kier alpha value is -3.35. The van der Waals surface area contributed by atoms with Gasteiger partial charge in [0.25, 0.3) is 5.91 Å². The van der Waals surface area contributed by atoms with Gasteiger partial charge in [-0.1, -0.05) is 69.0 Å². The number of benzene rings is 2. The number of carbonyl (C=O) groups is 3. The van der Waals surface area contributed by atoms with E-state index >= 15 is 0 Å². The van der Waals surface area contributed by atoms with Gasteiger partial charge in [0.05, 0.1) is 0 Å². The quantitative estimate of drug-likeness (QED) is 0.271. The third-order valence-corrected chi connectivity index (χ3v) is 7.03. The number of amides is 3. The molecule has 2 rings (SSSR count). The molecule has 0 saturated heterocycles. The average Bonchev–Trinajstić information content (AvgIpc) is 2.85. The number of ether oxygens (including phenoxy) is 1. The number of nitrogens with one attached hydrogen (secondary N) is 2. The van der Waals surface area contributed by atoms with Crippen LogP contribution in [0.15, 0.2) is 36.4 Å². The number of carbonyl (C=O) groups excluding carboxylic acids is 3. The lowest BCUT2D eigenvalue weighted by Crippen LogP contribution is -2.51. The van der Waals surface area contributed by atoms with E-state index < -0.39 is 23.8 Å². The number of rotatable bonds is 12. The van der Waals surface area contributed by atoms with Gasteiger partial charge in [-0.25, -0.2) is 4.79 Å². The highest BCUT2D eigenvalue weighted by atomic mass is 16.6. The van der Waals surface area contributed by atoms with Crippen molar-refractivity contribution in [3.05, 3.63) is 64.2 Å². The van der Waals surface area contributed by atoms with Gasteiger partial charge < -0.3 is 20.3 Å². The van der Waals surface area contributed by atoms with Crippen molar-refractivity contribution in [3.63, 3.8) is 0 Å². The molecule has 2 N–H and O–H groups in total. The van der Waals surface area contributed by atoms with E-state index in [1.165, 1.54) is 0 Å². The van der Waals surface area contributed by atoms with Gasteiger partial charge in [0.15, 0.2) is 0 Å². The van der Waals surface area contributed by atoms with Crippen molar-refractivity contribution in [1.29, 1.82) is 0 Å². The van der Waals surface area contributed by atoms with Gasteiger partial charge in [0.2, 0.25) is 5.91 Å². The first-order valence-corrected chi connectivity index (χ1v) is 14.5. The molecule has 3 amide bonds. The number of alkyl carbamates (subject to hydrolysis) is 1. The second-order valence-electron chi connectivity index (χ2n) is 11.8. The second-order valence-corrected chi connectivity index (χ2v) is 11.8. The molecule has 0 spiro atoms. The van der Waals surface area contributed by atoms with Crippen LogP contribution in [0.25, 0.3) is 0 Å². The molecule has 0 aliphatic carbocycles. The first-order chi connectivity index (χ1) is 18.7. The molecule has 2 aromatic rings. The highest BCUT2D eigenvalue weighted by molar-refractivity contribution is 5.99. The van der Waals surface area contributed by atoms with E-state index in [2.05, 4.69) is 17.6 Å². The third-order valence-electron chi connectivity index (χ3n) is 7.03. The number of hydrogen-bond donors (Lipinski definition) is 2. The minimum Gasteiger partial charge on any atom is -0.444 e. The van der Waals surface area contributed by atoms with Crippen molar-refractivity contribution in [2.45, 2.75) is 112 Å². The summed E-state index contributed by atoms with van der Waals surface area (Å²) in [5, 5.41) is 5.80. The molecule has 0 bridgehead atoms. The summed E-state index contributed by atoms with van der Waals surface area (Å²) in [7, 11) is 0. The van der Waals surface area contributed by atoms with E-state index in [0.29, 0.717) is 6.54 Å². The van der Waals surface area contributed by atoms with Crippen molar-refractivity contribution in [2.24, 2.45) is 0 Å². The Morgan fingerprint density at radius 3 is 2.08 bits per heavy atom. The predicted molar refractivity (Wildman–Crippen MR) is 163 cm³/mol. The molecule has 220 valence electrons. The van der Waals surface area contributed by atoms with Gasteiger partial charge in [-0.3, -0.25) is 9.59 Å². The lowest BCUT2D eigenvalue weighted by molar-refractivity contribution is -0.140. The normalized spacial score (nSPS) is 12.8. The molecule has 0 radical (unpaired) electrons.